The molecular formula is C46H59N9O10. The van der Waals surface area contributed by atoms with Gasteiger partial charge in [0.2, 0.25) is 17.7 Å². The van der Waals surface area contributed by atoms with Gasteiger partial charge in [0, 0.05) is 43.2 Å². The molecule has 3 aromatic carbocycles. The quantitative estimate of drug-likeness (QED) is 0.0765. The van der Waals surface area contributed by atoms with E-state index in [1.807, 2.05) is 24.3 Å². The van der Waals surface area contributed by atoms with Gasteiger partial charge in [-0.15, -0.1) is 0 Å². The molecule has 1 aliphatic rings. The molecule has 2 heterocycles. The number of nitrogens with one attached hydrogen (secondary N) is 3. The summed E-state index contributed by atoms with van der Waals surface area (Å²) in [5.74, 6) is -4.49. The van der Waals surface area contributed by atoms with Crippen LogP contribution in [0.3, 0.4) is 0 Å². The first-order valence-electron chi connectivity index (χ1n) is 21.2. The number of carboxylic acid groups (broad SMARTS) is 1. The van der Waals surface area contributed by atoms with Gasteiger partial charge in [0.1, 0.15) is 36.6 Å². The summed E-state index contributed by atoms with van der Waals surface area (Å²) in [5, 5.41) is 39.8. The van der Waals surface area contributed by atoms with Crippen molar-refractivity contribution < 1.29 is 48.8 Å². The molecule has 0 aliphatic carbocycles. The highest BCUT2D eigenvalue weighted by Gasteiger charge is 2.35. The molecule has 4 amide bonds. The summed E-state index contributed by atoms with van der Waals surface area (Å²) < 4.78 is 11.9. The molecule has 4 atom stereocenters. The van der Waals surface area contributed by atoms with Crippen molar-refractivity contribution in [1.29, 1.82) is 0 Å². The number of nitrogens with zero attached hydrogens (tertiary/aromatic N) is 3. The number of aromatic nitrogens is 2. The molecule has 0 radical (unpaired) electrons. The number of fused-ring (bicyclic) bond motifs is 5. The number of hydrogen-bond acceptors (Lipinski definition) is 14. The number of aliphatic carboxylic acids is 1. The zero-order valence-electron chi connectivity index (χ0n) is 37.4. The Morgan fingerprint density at radius 2 is 1.66 bits per heavy atom. The Labute approximate surface area is 377 Å². The SMILES string of the molecule is Cc1nc(-c2ccc(C(C)(C)C)cc2)nc(CN)c1C(=O)NCC(=O)N(C)[C@@H]1C(=O)N[C@@H](C)C(=O)N[C@H](C(=O)O)Cc2ccc(OC[C@H](O)CN)c(c2)-c2cc1cc(OCCCN)c2O. The summed E-state index contributed by atoms with van der Waals surface area (Å²) in [7, 11) is 1.32. The summed E-state index contributed by atoms with van der Waals surface area (Å²) in [6, 6.07) is 10.9. The second-order valence-electron chi connectivity index (χ2n) is 16.8. The van der Waals surface area contributed by atoms with E-state index in [4.69, 9.17) is 26.7 Å². The fraction of sp³-hybridized carbons (Fsp3) is 0.413. The number of ether oxygens (including phenoxy) is 2. The number of carbonyl (C=O) groups is 5. The van der Waals surface area contributed by atoms with Crippen LogP contribution in [0.1, 0.15) is 78.6 Å². The maximum atomic E-state index is 14.4. The normalized spacial score (nSPS) is 16.9. The number of likely N-dealkylation sites (N-methyl/N-ethyl adjacent to an activating group) is 1. The number of carbonyl (C=O) groups excluding carboxylic acids is 4. The van der Waals surface area contributed by atoms with Gasteiger partial charge >= 0.3 is 5.97 Å². The number of rotatable bonds is 15. The molecule has 4 aromatic rings. The van der Waals surface area contributed by atoms with Gasteiger partial charge in [-0.3, -0.25) is 19.2 Å². The first-order valence-corrected chi connectivity index (χ1v) is 21.2. The number of hydrogen-bond donors (Lipinski definition) is 9. The fourth-order valence-electron chi connectivity index (χ4n) is 7.14. The molecule has 0 spiro atoms. The van der Waals surface area contributed by atoms with Gasteiger partial charge in [0.25, 0.3) is 5.91 Å². The van der Waals surface area contributed by atoms with Gasteiger partial charge in [0.05, 0.1) is 30.1 Å². The van der Waals surface area contributed by atoms with E-state index in [-0.39, 0.29) is 84.1 Å². The Bertz CT molecular complexity index is 2400. The number of amides is 4. The number of aryl methyl sites for hydroxylation is 1. The molecule has 348 valence electrons. The third-order valence-corrected chi connectivity index (χ3v) is 10.9. The van der Waals surface area contributed by atoms with Crippen molar-refractivity contribution in [3.8, 4) is 39.8 Å². The Morgan fingerprint density at radius 3 is 2.29 bits per heavy atom. The zero-order chi connectivity index (χ0) is 47.7. The second-order valence-corrected chi connectivity index (χ2v) is 16.8. The maximum absolute atomic E-state index is 14.4. The van der Waals surface area contributed by atoms with Crippen molar-refractivity contribution >= 4 is 29.6 Å². The lowest BCUT2D eigenvalue weighted by Crippen LogP contribution is -2.53. The van der Waals surface area contributed by atoms with Gasteiger partial charge in [-0.2, -0.15) is 0 Å². The lowest BCUT2D eigenvalue weighted by atomic mass is 9.86. The number of aliphatic hydroxyl groups excluding tert-OH is 1. The Balaban J connectivity index is 1.56. The number of nitrogens with two attached hydrogens (primary N) is 3. The highest BCUT2D eigenvalue weighted by molar-refractivity contribution is 5.99. The van der Waals surface area contributed by atoms with Gasteiger partial charge in [-0.25, -0.2) is 14.8 Å². The van der Waals surface area contributed by atoms with Crippen molar-refractivity contribution in [2.45, 2.75) is 83.6 Å². The summed E-state index contributed by atoms with van der Waals surface area (Å²) >= 11 is 0. The minimum absolute atomic E-state index is 0.0482. The number of benzene rings is 3. The van der Waals surface area contributed by atoms with Crippen LogP contribution in [0.4, 0.5) is 0 Å². The molecule has 0 fully saturated rings. The Hall–Kier alpha value is -6.67. The summed E-state index contributed by atoms with van der Waals surface area (Å²) in [6.45, 7) is 8.49. The molecule has 0 saturated heterocycles. The van der Waals surface area contributed by atoms with Crippen LogP contribution in [-0.2, 0) is 37.6 Å². The van der Waals surface area contributed by atoms with Crippen LogP contribution in [0.5, 0.6) is 17.2 Å². The van der Waals surface area contributed by atoms with Crippen LogP contribution in [0.2, 0.25) is 0 Å². The van der Waals surface area contributed by atoms with Crippen LogP contribution in [0.15, 0.2) is 54.6 Å². The molecule has 1 aliphatic heterocycles. The molecule has 19 heteroatoms. The van der Waals surface area contributed by atoms with Crippen molar-refractivity contribution in [1.82, 2.24) is 30.8 Å². The van der Waals surface area contributed by atoms with Crippen LogP contribution in [0, 0.1) is 6.92 Å². The Morgan fingerprint density at radius 1 is 0.954 bits per heavy atom. The average Bonchev–Trinajstić information content (AvgIpc) is 3.27. The largest absolute Gasteiger partial charge is 0.504 e. The molecule has 0 unspecified atom stereocenters. The van der Waals surface area contributed by atoms with Crippen molar-refractivity contribution in [3.63, 3.8) is 0 Å². The standard InChI is InChI=1S/C46H59N9O10/c1-24-38(34(21-49)53-41(51-24)27-9-11-29(12-10-27)46(3,4)5)43(60)50-22-37(57)55(6)39-28-18-32(40(58)36(19-28)64-15-7-14-47)31-16-26(8-13-35(31)65-23-30(56)20-48)17-33(45(62)63)54-42(59)25(2)52-44(39)61/h8-13,16,18-19,25,30,33,39,56,58H,7,14-15,17,20-23,47-49H2,1-6H3,(H,50,60)(H,52,61)(H,54,59)(H,62,63)/t25-,30+,33-,39-/m0/s1. The zero-order valence-corrected chi connectivity index (χ0v) is 37.4. The van der Waals surface area contributed by atoms with E-state index < -0.39 is 66.1 Å². The van der Waals surface area contributed by atoms with E-state index in [0.717, 1.165) is 16.0 Å². The van der Waals surface area contributed by atoms with Crippen molar-refractivity contribution in [2.75, 3.05) is 39.9 Å². The van der Waals surface area contributed by atoms with Gasteiger partial charge in [-0.1, -0.05) is 51.1 Å². The highest BCUT2D eigenvalue weighted by Crippen LogP contribution is 2.44. The van der Waals surface area contributed by atoms with Crippen LogP contribution >= 0.6 is 0 Å². The molecule has 65 heavy (non-hydrogen) atoms. The van der Waals surface area contributed by atoms with E-state index in [1.54, 1.807) is 19.1 Å². The molecular weight excluding hydrogens is 839 g/mol. The smallest absolute Gasteiger partial charge is 0.326 e. The molecule has 12 N–H and O–H groups in total. The van der Waals surface area contributed by atoms with Crippen LogP contribution in [0.25, 0.3) is 22.5 Å². The number of phenols is 1. The predicted octanol–water partition coefficient (Wildman–Crippen LogP) is 1.57. The molecule has 0 saturated carbocycles. The van der Waals surface area contributed by atoms with Crippen LogP contribution < -0.4 is 42.6 Å². The number of aromatic hydroxyl groups is 1. The molecule has 4 bridgehead atoms. The minimum atomic E-state index is -1.55. The lowest BCUT2D eigenvalue weighted by Gasteiger charge is -2.30. The molecule has 1 aromatic heterocycles. The first kappa shape index (κ1) is 49.3. The van der Waals surface area contributed by atoms with E-state index in [1.165, 1.54) is 32.2 Å². The van der Waals surface area contributed by atoms with Gasteiger partial charge in [0.15, 0.2) is 17.3 Å². The lowest BCUT2D eigenvalue weighted by molar-refractivity contribution is -0.142. The van der Waals surface area contributed by atoms with E-state index in [0.29, 0.717) is 23.5 Å². The summed E-state index contributed by atoms with van der Waals surface area (Å²) in [6.07, 6.45) is -0.888. The maximum Gasteiger partial charge on any atom is 0.326 e. The van der Waals surface area contributed by atoms with Crippen molar-refractivity contribution in [2.24, 2.45) is 17.2 Å². The predicted molar refractivity (Wildman–Crippen MR) is 241 cm³/mol. The highest BCUT2D eigenvalue weighted by atomic mass is 16.5. The van der Waals surface area contributed by atoms with Gasteiger partial charge in [-0.05, 0) is 73.2 Å². The Kier molecular flexibility index (Phi) is 16.2. The summed E-state index contributed by atoms with van der Waals surface area (Å²) in [4.78, 5) is 78.4. The van der Waals surface area contributed by atoms with Gasteiger partial charge < -0.3 is 62.8 Å². The summed E-state index contributed by atoms with van der Waals surface area (Å²) in [5.41, 5.74) is 20.6. The van der Waals surface area contributed by atoms with E-state index >= 15 is 0 Å². The fourth-order valence-corrected chi connectivity index (χ4v) is 7.14. The van der Waals surface area contributed by atoms with Crippen LogP contribution in [-0.4, -0.2) is 118 Å². The number of carboxylic acids is 1. The average molecular weight is 898 g/mol. The third kappa shape index (κ3) is 11.9. The van der Waals surface area contributed by atoms with E-state index in [9.17, 15) is 39.3 Å². The third-order valence-electron chi connectivity index (χ3n) is 10.9. The number of phenolic OH excluding ortho intramolecular Hbond substituents is 1. The monoisotopic (exact) mass is 897 g/mol. The number of aliphatic hydroxyl groups is 1. The molecule has 5 rings (SSSR count). The second kappa shape index (κ2) is 21.3. The topological polar surface area (TPSA) is 308 Å². The molecule has 19 nitrogen and oxygen atoms in total. The first-order chi connectivity index (χ1) is 30.8. The van der Waals surface area contributed by atoms with Crippen molar-refractivity contribution in [3.05, 3.63) is 88.2 Å². The minimum Gasteiger partial charge on any atom is -0.504 e. The van der Waals surface area contributed by atoms with E-state index in [2.05, 4.69) is 46.7 Å².